The first-order valence-electron chi connectivity index (χ1n) is 5.69. The Labute approximate surface area is 95.9 Å². The number of thioether (sulfide) groups is 1. The van der Waals surface area contributed by atoms with Gasteiger partial charge in [0.15, 0.2) is 0 Å². The molecule has 3 heteroatoms. The number of rotatable bonds is 3. The van der Waals surface area contributed by atoms with E-state index in [2.05, 4.69) is 22.4 Å². The maximum absolute atomic E-state index is 4.23. The second kappa shape index (κ2) is 5.40. The Balaban J connectivity index is 1.96. The minimum absolute atomic E-state index is 0.825. The third-order valence-corrected chi connectivity index (χ3v) is 4.17. The summed E-state index contributed by atoms with van der Waals surface area (Å²) in [4.78, 5) is 5.57. The Morgan fingerprint density at radius 1 is 1.33 bits per heavy atom. The van der Waals surface area contributed by atoms with Crippen molar-refractivity contribution in [2.75, 3.05) is 12.4 Å². The summed E-state index contributed by atoms with van der Waals surface area (Å²) < 4.78 is 0. The van der Waals surface area contributed by atoms with Crippen molar-refractivity contribution in [2.24, 2.45) is 0 Å². The van der Waals surface area contributed by atoms with Gasteiger partial charge in [-0.15, -0.1) is 11.8 Å². The maximum Gasteiger partial charge on any atom is 0.126 e. The van der Waals surface area contributed by atoms with Gasteiger partial charge in [0.25, 0.3) is 0 Å². The molecule has 0 radical (unpaired) electrons. The molecule has 0 amide bonds. The molecule has 2 nitrogen and oxygen atoms in total. The second-order valence-corrected chi connectivity index (χ2v) is 5.38. The van der Waals surface area contributed by atoms with Crippen LogP contribution in [0.1, 0.15) is 32.1 Å². The molecular weight excluding hydrogens is 204 g/mol. The lowest BCUT2D eigenvalue weighted by Gasteiger charge is -2.20. The summed E-state index contributed by atoms with van der Waals surface area (Å²) in [6.07, 6.45) is 8.87. The van der Waals surface area contributed by atoms with E-state index in [9.17, 15) is 0 Å². The van der Waals surface area contributed by atoms with Crippen molar-refractivity contribution in [3.05, 3.63) is 18.3 Å². The fourth-order valence-corrected chi connectivity index (χ4v) is 3.27. The molecule has 1 saturated carbocycles. The highest BCUT2D eigenvalue weighted by molar-refractivity contribution is 8.00. The molecule has 15 heavy (non-hydrogen) atoms. The van der Waals surface area contributed by atoms with Crippen LogP contribution in [-0.2, 0) is 0 Å². The van der Waals surface area contributed by atoms with Crippen molar-refractivity contribution in [3.8, 4) is 0 Å². The molecule has 1 aromatic rings. The number of hydrogen-bond acceptors (Lipinski definition) is 3. The molecule has 0 aliphatic heterocycles. The lowest BCUT2D eigenvalue weighted by atomic mass is 10.0. The van der Waals surface area contributed by atoms with Crippen molar-refractivity contribution in [1.29, 1.82) is 0 Å². The largest absolute Gasteiger partial charge is 0.373 e. The van der Waals surface area contributed by atoms with E-state index >= 15 is 0 Å². The quantitative estimate of drug-likeness (QED) is 0.846. The van der Waals surface area contributed by atoms with Gasteiger partial charge in [0.05, 0.1) is 0 Å². The van der Waals surface area contributed by atoms with Crippen molar-refractivity contribution in [1.82, 2.24) is 4.98 Å². The monoisotopic (exact) mass is 222 g/mol. The highest BCUT2D eigenvalue weighted by atomic mass is 32.2. The SMILES string of the molecule is CNc1cc(SC2CCCCC2)ccn1. The van der Waals surface area contributed by atoms with Gasteiger partial charge in [-0.2, -0.15) is 0 Å². The molecule has 0 atom stereocenters. The van der Waals surface area contributed by atoms with Gasteiger partial charge in [-0.1, -0.05) is 19.3 Å². The van der Waals surface area contributed by atoms with Gasteiger partial charge in [-0.25, -0.2) is 4.98 Å². The highest BCUT2D eigenvalue weighted by Gasteiger charge is 2.14. The van der Waals surface area contributed by atoms with Crippen molar-refractivity contribution < 1.29 is 0 Å². The Hall–Kier alpha value is -0.700. The summed E-state index contributed by atoms with van der Waals surface area (Å²) >= 11 is 2.01. The van der Waals surface area contributed by atoms with E-state index < -0.39 is 0 Å². The van der Waals surface area contributed by atoms with E-state index in [1.54, 1.807) is 0 Å². The zero-order chi connectivity index (χ0) is 10.5. The van der Waals surface area contributed by atoms with Gasteiger partial charge in [0.1, 0.15) is 5.82 Å². The van der Waals surface area contributed by atoms with Gasteiger partial charge >= 0.3 is 0 Å². The molecular formula is C12H18N2S. The summed E-state index contributed by atoms with van der Waals surface area (Å²) in [6, 6.07) is 4.25. The molecule has 1 N–H and O–H groups in total. The van der Waals surface area contributed by atoms with Crippen LogP contribution in [0.2, 0.25) is 0 Å². The zero-order valence-electron chi connectivity index (χ0n) is 9.20. The molecule has 2 rings (SSSR count). The number of hydrogen-bond donors (Lipinski definition) is 1. The van der Waals surface area contributed by atoms with Gasteiger partial charge in [-0.3, -0.25) is 0 Å². The number of anilines is 1. The number of nitrogens with one attached hydrogen (secondary N) is 1. The molecule has 0 unspecified atom stereocenters. The molecule has 0 spiro atoms. The Morgan fingerprint density at radius 2 is 2.13 bits per heavy atom. The lowest BCUT2D eigenvalue weighted by molar-refractivity contribution is 0.516. The average molecular weight is 222 g/mol. The maximum atomic E-state index is 4.23. The molecule has 1 fully saturated rings. The second-order valence-electron chi connectivity index (χ2n) is 4.00. The standard InChI is InChI=1S/C12H18N2S/c1-13-12-9-11(7-8-14-12)15-10-5-3-2-4-6-10/h7-10H,2-6H2,1H3,(H,13,14). The summed E-state index contributed by atoms with van der Waals surface area (Å²) in [6.45, 7) is 0. The van der Waals surface area contributed by atoms with E-state index in [0.29, 0.717) is 0 Å². The van der Waals surface area contributed by atoms with Crippen LogP contribution in [0.4, 0.5) is 5.82 Å². The summed E-state index contributed by atoms with van der Waals surface area (Å²) in [5.41, 5.74) is 0. The van der Waals surface area contributed by atoms with E-state index in [0.717, 1.165) is 11.1 Å². The highest BCUT2D eigenvalue weighted by Crippen LogP contribution is 2.33. The van der Waals surface area contributed by atoms with Crippen LogP contribution in [0.25, 0.3) is 0 Å². The first-order valence-corrected chi connectivity index (χ1v) is 6.57. The van der Waals surface area contributed by atoms with E-state index in [4.69, 9.17) is 0 Å². The first kappa shape index (κ1) is 10.8. The molecule has 0 aromatic carbocycles. The topological polar surface area (TPSA) is 24.9 Å². The summed E-state index contributed by atoms with van der Waals surface area (Å²) in [5, 5.41) is 3.91. The molecule has 1 aliphatic carbocycles. The van der Waals surface area contributed by atoms with Crippen LogP contribution in [-0.4, -0.2) is 17.3 Å². The van der Waals surface area contributed by atoms with Crippen LogP contribution < -0.4 is 5.32 Å². The van der Waals surface area contributed by atoms with Gasteiger partial charge in [0.2, 0.25) is 0 Å². The number of nitrogens with zero attached hydrogens (tertiary/aromatic N) is 1. The number of aromatic nitrogens is 1. The van der Waals surface area contributed by atoms with Gasteiger partial charge in [0, 0.05) is 23.4 Å². The van der Waals surface area contributed by atoms with E-state index in [1.807, 2.05) is 25.0 Å². The molecule has 1 heterocycles. The number of pyridine rings is 1. The van der Waals surface area contributed by atoms with Crippen molar-refractivity contribution in [2.45, 2.75) is 42.2 Å². The van der Waals surface area contributed by atoms with Crippen LogP contribution >= 0.6 is 11.8 Å². The third-order valence-electron chi connectivity index (χ3n) is 2.84. The van der Waals surface area contributed by atoms with Crippen molar-refractivity contribution >= 4 is 17.6 Å². The Morgan fingerprint density at radius 3 is 2.87 bits per heavy atom. The first-order chi connectivity index (χ1) is 7.38. The van der Waals surface area contributed by atoms with Gasteiger partial charge in [-0.05, 0) is 25.0 Å². The third kappa shape index (κ3) is 3.13. The van der Waals surface area contributed by atoms with E-state index in [1.165, 1.54) is 37.0 Å². The summed E-state index contributed by atoms with van der Waals surface area (Å²) in [7, 11) is 1.91. The summed E-state index contributed by atoms with van der Waals surface area (Å²) in [5.74, 6) is 0.968. The minimum atomic E-state index is 0.825. The zero-order valence-corrected chi connectivity index (χ0v) is 10.0. The Kier molecular flexibility index (Phi) is 3.89. The normalized spacial score (nSPS) is 17.7. The van der Waals surface area contributed by atoms with Crippen LogP contribution in [0, 0.1) is 0 Å². The molecule has 0 bridgehead atoms. The predicted molar refractivity (Wildman–Crippen MR) is 66.5 cm³/mol. The average Bonchev–Trinajstić information content (AvgIpc) is 2.31. The Bertz CT molecular complexity index is 308. The van der Waals surface area contributed by atoms with Crippen LogP contribution in [0.15, 0.2) is 23.2 Å². The minimum Gasteiger partial charge on any atom is -0.373 e. The van der Waals surface area contributed by atoms with Crippen molar-refractivity contribution in [3.63, 3.8) is 0 Å². The molecule has 0 saturated heterocycles. The van der Waals surface area contributed by atoms with Crippen LogP contribution in [0.3, 0.4) is 0 Å². The fourth-order valence-electron chi connectivity index (χ4n) is 2.00. The fraction of sp³-hybridized carbons (Fsp3) is 0.583. The lowest BCUT2D eigenvalue weighted by Crippen LogP contribution is -2.07. The molecule has 1 aromatic heterocycles. The molecule has 82 valence electrons. The smallest absolute Gasteiger partial charge is 0.126 e. The van der Waals surface area contributed by atoms with Gasteiger partial charge < -0.3 is 5.32 Å². The van der Waals surface area contributed by atoms with Crippen LogP contribution in [0.5, 0.6) is 0 Å². The molecule has 1 aliphatic rings. The predicted octanol–water partition coefficient (Wildman–Crippen LogP) is 3.55. The van der Waals surface area contributed by atoms with E-state index in [-0.39, 0.29) is 0 Å².